The standard InChI is InChI=1S/C28H27F3N4O/c1-28(2,15-32)18-12-22(30)26(23(31)13-18)27-21(29)6-7-24(35-27)25(36)11-17-14-34-9-8-20(17)16-4-3-5-19(33)10-16/h6-9,12-14,16,19H,3-5,10-11,33H2,1-2H3/t16-,19+/m1/s1. The van der Waals surface area contributed by atoms with Crippen LogP contribution in [-0.4, -0.2) is 21.8 Å². The summed E-state index contributed by atoms with van der Waals surface area (Å²) >= 11 is 0. The van der Waals surface area contributed by atoms with Crippen LogP contribution in [0.3, 0.4) is 0 Å². The second-order valence-electron chi connectivity index (χ2n) is 9.88. The molecule has 36 heavy (non-hydrogen) atoms. The highest BCUT2D eigenvalue weighted by molar-refractivity contribution is 5.96. The molecule has 0 radical (unpaired) electrons. The molecular formula is C28H27F3N4O. The molecule has 8 heteroatoms. The van der Waals surface area contributed by atoms with Crippen molar-refractivity contribution in [2.24, 2.45) is 5.73 Å². The van der Waals surface area contributed by atoms with E-state index >= 15 is 0 Å². The van der Waals surface area contributed by atoms with E-state index in [0.29, 0.717) is 0 Å². The fourth-order valence-corrected chi connectivity index (χ4v) is 4.76. The van der Waals surface area contributed by atoms with E-state index in [1.165, 1.54) is 19.9 Å². The van der Waals surface area contributed by atoms with Gasteiger partial charge in [-0.05, 0) is 86.1 Å². The fourth-order valence-electron chi connectivity index (χ4n) is 4.76. The average molecular weight is 493 g/mol. The lowest BCUT2D eigenvalue weighted by atomic mass is 9.80. The number of rotatable bonds is 6. The van der Waals surface area contributed by atoms with Gasteiger partial charge in [0.2, 0.25) is 0 Å². The third-order valence-corrected chi connectivity index (χ3v) is 6.86. The quantitative estimate of drug-likeness (QED) is 0.441. The number of ketones is 1. The largest absolute Gasteiger partial charge is 0.328 e. The Kier molecular flexibility index (Phi) is 7.23. The van der Waals surface area contributed by atoms with E-state index in [1.807, 2.05) is 12.1 Å². The molecule has 1 saturated carbocycles. The van der Waals surface area contributed by atoms with E-state index in [0.717, 1.165) is 55.0 Å². The Labute approximate surface area is 208 Å². The lowest BCUT2D eigenvalue weighted by molar-refractivity contribution is 0.0987. The number of nitrogens with zero attached hydrogens (tertiary/aromatic N) is 3. The summed E-state index contributed by atoms with van der Waals surface area (Å²) < 4.78 is 44.6. The topological polar surface area (TPSA) is 92.7 Å². The minimum atomic E-state index is -1.15. The number of Topliss-reactive ketones (excluding diaryl/α,β-unsaturated/α-hetero) is 1. The van der Waals surface area contributed by atoms with Crippen molar-refractivity contribution in [3.05, 3.63) is 82.6 Å². The molecule has 1 aliphatic carbocycles. The molecule has 1 aliphatic rings. The summed E-state index contributed by atoms with van der Waals surface area (Å²) in [4.78, 5) is 21.3. The third kappa shape index (κ3) is 5.17. The van der Waals surface area contributed by atoms with Crippen LogP contribution in [0.15, 0.2) is 42.7 Å². The number of halogens is 3. The van der Waals surface area contributed by atoms with Crippen molar-refractivity contribution in [2.45, 2.75) is 63.3 Å². The molecule has 0 aliphatic heterocycles. The monoisotopic (exact) mass is 492 g/mol. The molecule has 1 aromatic carbocycles. The van der Waals surface area contributed by atoms with Gasteiger partial charge < -0.3 is 5.73 Å². The van der Waals surface area contributed by atoms with Crippen molar-refractivity contribution >= 4 is 5.78 Å². The van der Waals surface area contributed by atoms with E-state index < -0.39 is 39.9 Å². The number of nitrogens with two attached hydrogens (primary N) is 1. The van der Waals surface area contributed by atoms with Gasteiger partial charge in [0.15, 0.2) is 5.78 Å². The summed E-state index contributed by atoms with van der Waals surface area (Å²) in [7, 11) is 0. The van der Waals surface area contributed by atoms with Crippen LogP contribution in [0.1, 0.15) is 72.6 Å². The zero-order valence-electron chi connectivity index (χ0n) is 20.2. The predicted molar refractivity (Wildman–Crippen MR) is 130 cm³/mol. The van der Waals surface area contributed by atoms with Crippen LogP contribution in [0.25, 0.3) is 11.3 Å². The normalized spacial score (nSPS) is 18.0. The summed E-state index contributed by atoms with van der Waals surface area (Å²) in [5.41, 5.74) is 5.47. The molecule has 3 aromatic rings. The highest BCUT2D eigenvalue weighted by Crippen LogP contribution is 2.35. The van der Waals surface area contributed by atoms with Crippen LogP contribution in [0.4, 0.5) is 13.2 Å². The lowest BCUT2D eigenvalue weighted by Crippen LogP contribution is -2.27. The van der Waals surface area contributed by atoms with Crippen molar-refractivity contribution in [1.29, 1.82) is 5.26 Å². The molecule has 5 nitrogen and oxygen atoms in total. The minimum absolute atomic E-state index is 0.0345. The molecule has 1 fully saturated rings. The van der Waals surface area contributed by atoms with Crippen LogP contribution in [0, 0.1) is 28.8 Å². The molecule has 0 bridgehead atoms. The van der Waals surface area contributed by atoms with Gasteiger partial charge >= 0.3 is 0 Å². The van der Waals surface area contributed by atoms with Gasteiger partial charge in [-0.2, -0.15) is 5.26 Å². The van der Waals surface area contributed by atoms with Gasteiger partial charge in [0.1, 0.15) is 28.8 Å². The van der Waals surface area contributed by atoms with E-state index in [4.69, 9.17) is 5.73 Å². The number of aromatic nitrogens is 2. The lowest BCUT2D eigenvalue weighted by Gasteiger charge is -2.28. The van der Waals surface area contributed by atoms with Crippen molar-refractivity contribution in [3.8, 4) is 17.3 Å². The van der Waals surface area contributed by atoms with Gasteiger partial charge in [0, 0.05) is 24.9 Å². The molecule has 0 unspecified atom stereocenters. The second kappa shape index (κ2) is 10.2. The molecular weight excluding hydrogens is 465 g/mol. The first-order valence-electron chi connectivity index (χ1n) is 11.9. The van der Waals surface area contributed by atoms with E-state index in [1.54, 1.807) is 12.4 Å². The summed E-state index contributed by atoms with van der Waals surface area (Å²) in [6, 6.07) is 8.15. The molecule has 4 rings (SSSR count). The Morgan fingerprint density at radius 2 is 1.86 bits per heavy atom. The Bertz CT molecular complexity index is 1330. The van der Waals surface area contributed by atoms with Gasteiger partial charge in [0.05, 0.1) is 17.0 Å². The predicted octanol–water partition coefficient (Wildman–Crippen LogP) is 5.77. The highest BCUT2D eigenvalue weighted by Gasteiger charge is 2.27. The maximum Gasteiger partial charge on any atom is 0.185 e. The van der Waals surface area contributed by atoms with E-state index in [-0.39, 0.29) is 29.6 Å². The van der Waals surface area contributed by atoms with Gasteiger partial charge in [-0.15, -0.1) is 0 Å². The Balaban J connectivity index is 1.66. The molecule has 0 amide bonds. The molecule has 2 atom stereocenters. The Morgan fingerprint density at radius 3 is 2.53 bits per heavy atom. The van der Waals surface area contributed by atoms with Crippen LogP contribution >= 0.6 is 0 Å². The molecule has 2 N–H and O–H groups in total. The minimum Gasteiger partial charge on any atom is -0.328 e. The van der Waals surface area contributed by atoms with Gasteiger partial charge in [-0.25, -0.2) is 18.2 Å². The number of pyridine rings is 2. The number of benzene rings is 1. The SMILES string of the molecule is CC(C)(C#N)c1cc(F)c(-c2nc(C(=O)Cc3cnccc3[C@@H]3CCC[C@H](N)C3)ccc2F)c(F)c1. The van der Waals surface area contributed by atoms with Crippen LogP contribution in [0.2, 0.25) is 0 Å². The van der Waals surface area contributed by atoms with Crippen molar-refractivity contribution in [3.63, 3.8) is 0 Å². The number of hydrogen-bond acceptors (Lipinski definition) is 5. The van der Waals surface area contributed by atoms with Crippen LogP contribution < -0.4 is 5.73 Å². The molecule has 2 aromatic heterocycles. The smallest absolute Gasteiger partial charge is 0.185 e. The first kappa shape index (κ1) is 25.5. The van der Waals surface area contributed by atoms with Crippen LogP contribution in [0.5, 0.6) is 0 Å². The van der Waals surface area contributed by atoms with Gasteiger partial charge in [0.25, 0.3) is 0 Å². The number of carbonyl (C=O) groups is 1. The summed E-state index contributed by atoms with van der Waals surface area (Å²) in [6.45, 7) is 3.04. The molecule has 0 spiro atoms. The number of carbonyl (C=O) groups excluding carboxylic acids is 1. The summed E-state index contributed by atoms with van der Waals surface area (Å²) in [6.07, 6.45) is 7.04. The zero-order valence-corrected chi connectivity index (χ0v) is 20.2. The van der Waals surface area contributed by atoms with E-state index in [2.05, 4.69) is 9.97 Å². The third-order valence-electron chi connectivity index (χ3n) is 6.86. The maximum absolute atomic E-state index is 15.0. The number of hydrogen-bond donors (Lipinski definition) is 1. The van der Waals surface area contributed by atoms with Crippen molar-refractivity contribution in [2.75, 3.05) is 0 Å². The highest BCUT2D eigenvalue weighted by atomic mass is 19.1. The first-order chi connectivity index (χ1) is 17.1. The first-order valence-corrected chi connectivity index (χ1v) is 11.9. The Hall–Kier alpha value is -3.57. The van der Waals surface area contributed by atoms with Gasteiger partial charge in [-0.1, -0.05) is 6.42 Å². The second-order valence-corrected chi connectivity index (χ2v) is 9.88. The summed E-state index contributed by atoms with van der Waals surface area (Å²) in [5.74, 6) is -3.29. The molecule has 2 heterocycles. The molecule has 186 valence electrons. The van der Waals surface area contributed by atoms with Crippen molar-refractivity contribution in [1.82, 2.24) is 9.97 Å². The van der Waals surface area contributed by atoms with E-state index in [9.17, 15) is 23.2 Å². The van der Waals surface area contributed by atoms with Crippen LogP contribution in [-0.2, 0) is 11.8 Å². The molecule has 0 saturated heterocycles. The van der Waals surface area contributed by atoms with Crippen molar-refractivity contribution < 1.29 is 18.0 Å². The zero-order chi connectivity index (χ0) is 26.0. The average Bonchev–Trinajstić information content (AvgIpc) is 2.85. The Morgan fingerprint density at radius 1 is 1.14 bits per heavy atom. The maximum atomic E-state index is 15.0. The van der Waals surface area contributed by atoms with Gasteiger partial charge in [-0.3, -0.25) is 9.78 Å². The summed E-state index contributed by atoms with van der Waals surface area (Å²) in [5, 5.41) is 9.28. The fraction of sp³-hybridized carbons (Fsp3) is 0.357. The number of nitriles is 1.